The van der Waals surface area contributed by atoms with Crippen molar-refractivity contribution in [2.45, 2.75) is 38.1 Å². The van der Waals surface area contributed by atoms with Crippen LogP contribution in [0.15, 0.2) is 0 Å². The molecule has 0 radical (unpaired) electrons. The number of aromatic nitrogens is 2. The van der Waals surface area contributed by atoms with Gasteiger partial charge in [-0.1, -0.05) is 6.42 Å². The third-order valence-electron chi connectivity index (χ3n) is 3.64. The molecule has 14 heavy (non-hydrogen) atoms. The third kappa shape index (κ3) is 1.12. The highest BCUT2D eigenvalue weighted by Gasteiger charge is 2.28. The molecule has 3 heteroatoms. The van der Waals surface area contributed by atoms with Crippen molar-refractivity contribution >= 4 is 0 Å². The summed E-state index contributed by atoms with van der Waals surface area (Å²) in [7, 11) is 2.09. The van der Waals surface area contributed by atoms with E-state index in [2.05, 4.69) is 17.0 Å². The summed E-state index contributed by atoms with van der Waals surface area (Å²) in [5.41, 5.74) is 4.36. The summed E-state index contributed by atoms with van der Waals surface area (Å²) in [6.07, 6.45) is 5.24. The molecule has 1 N–H and O–H groups in total. The monoisotopic (exact) mass is 191 g/mol. The van der Waals surface area contributed by atoms with Crippen LogP contribution < -0.4 is 5.32 Å². The molecule has 76 valence electrons. The van der Waals surface area contributed by atoms with Crippen molar-refractivity contribution in [2.24, 2.45) is 7.05 Å². The Morgan fingerprint density at radius 2 is 2.29 bits per heavy atom. The highest BCUT2D eigenvalue weighted by molar-refractivity contribution is 5.31. The minimum atomic E-state index is 0.768. The van der Waals surface area contributed by atoms with Gasteiger partial charge in [-0.25, -0.2) is 0 Å². The Balaban J connectivity index is 2.02. The zero-order valence-corrected chi connectivity index (χ0v) is 8.71. The van der Waals surface area contributed by atoms with Gasteiger partial charge in [0.25, 0.3) is 0 Å². The third-order valence-corrected chi connectivity index (χ3v) is 3.64. The van der Waals surface area contributed by atoms with Crippen molar-refractivity contribution in [3.8, 4) is 0 Å². The molecule has 1 aromatic heterocycles. The van der Waals surface area contributed by atoms with Gasteiger partial charge in [-0.05, 0) is 12.8 Å². The normalized spacial score (nSPS) is 21.8. The van der Waals surface area contributed by atoms with Crippen LogP contribution in [-0.2, 0) is 20.0 Å². The standard InChI is InChI=1S/C11H17N3/c1-14-10-5-6-12-7-9(10)11(13-14)8-3-2-4-8/h8,12H,2-7H2,1H3. The van der Waals surface area contributed by atoms with Crippen LogP contribution in [0.5, 0.6) is 0 Å². The van der Waals surface area contributed by atoms with Gasteiger partial charge in [0.1, 0.15) is 0 Å². The van der Waals surface area contributed by atoms with E-state index < -0.39 is 0 Å². The summed E-state index contributed by atoms with van der Waals surface area (Å²) in [4.78, 5) is 0. The SMILES string of the molecule is Cn1nc(C2CCC2)c2c1CCNC2. The molecule has 0 spiro atoms. The van der Waals surface area contributed by atoms with E-state index in [9.17, 15) is 0 Å². The van der Waals surface area contributed by atoms with E-state index in [1.807, 2.05) is 0 Å². The van der Waals surface area contributed by atoms with Gasteiger partial charge in [-0.2, -0.15) is 5.10 Å². The molecule has 0 bridgehead atoms. The van der Waals surface area contributed by atoms with Gasteiger partial charge < -0.3 is 5.32 Å². The number of nitrogens with zero attached hydrogens (tertiary/aromatic N) is 2. The molecule has 1 aliphatic heterocycles. The molecule has 1 saturated carbocycles. The summed E-state index contributed by atoms with van der Waals surface area (Å²) < 4.78 is 2.10. The Morgan fingerprint density at radius 3 is 3.00 bits per heavy atom. The molecule has 1 aromatic rings. The highest BCUT2D eigenvalue weighted by Crippen LogP contribution is 2.38. The number of hydrogen-bond donors (Lipinski definition) is 1. The Morgan fingerprint density at radius 1 is 1.43 bits per heavy atom. The fourth-order valence-corrected chi connectivity index (χ4v) is 2.56. The lowest BCUT2D eigenvalue weighted by molar-refractivity contribution is 0.405. The van der Waals surface area contributed by atoms with E-state index in [4.69, 9.17) is 5.10 Å². The topological polar surface area (TPSA) is 29.9 Å². The van der Waals surface area contributed by atoms with Crippen molar-refractivity contribution in [1.29, 1.82) is 0 Å². The van der Waals surface area contributed by atoms with Crippen LogP contribution in [0, 0.1) is 0 Å². The minimum absolute atomic E-state index is 0.768. The van der Waals surface area contributed by atoms with E-state index >= 15 is 0 Å². The lowest BCUT2D eigenvalue weighted by atomic mass is 9.81. The molecular formula is C11H17N3. The van der Waals surface area contributed by atoms with Crippen molar-refractivity contribution in [3.63, 3.8) is 0 Å². The summed E-state index contributed by atoms with van der Waals surface area (Å²) in [5.74, 6) is 0.768. The van der Waals surface area contributed by atoms with Crippen LogP contribution >= 0.6 is 0 Å². The number of fused-ring (bicyclic) bond motifs is 1. The van der Waals surface area contributed by atoms with Crippen LogP contribution in [-0.4, -0.2) is 16.3 Å². The van der Waals surface area contributed by atoms with Gasteiger partial charge >= 0.3 is 0 Å². The predicted molar refractivity (Wildman–Crippen MR) is 55.2 cm³/mol. The smallest absolute Gasteiger partial charge is 0.0703 e. The summed E-state index contributed by atoms with van der Waals surface area (Å²) >= 11 is 0. The molecule has 1 aliphatic carbocycles. The fourth-order valence-electron chi connectivity index (χ4n) is 2.56. The Hall–Kier alpha value is -0.830. The van der Waals surface area contributed by atoms with E-state index in [1.54, 1.807) is 0 Å². The predicted octanol–water partition coefficient (Wildman–Crippen LogP) is 1.33. The van der Waals surface area contributed by atoms with Gasteiger partial charge in [0.15, 0.2) is 0 Å². The zero-order valence-electron chi connectivity index (χ0n) is 8.71. The highest BCUT2D eigenvalue weighted by atomic mass is 15.3. The zero-order chi connectivity index (χ0) is 9.54. The second kappa shape index (κ2) is 3.09. The maximum Gasteiger partial charge on any atom is 0.0703 e. The van der Waals surface area contributed by atoms with Crippen molar-refractivity contribution in [1.82, 2.24) is 15.1 Å². The maximum absolute atomic E-state index is 4.69. The molecule has 2 heterocycles. The number of aryl methyl sites for hydroxylation is 1. The quantitative estimate of drug-likeness (QED) is 0.726. The molecule has 1 fully saturated rings. The summed E-state index contributed by atoms with van der Waals surface area (Å²) in [5, 5.41) is 8.14. The largest absolute Gasteiger partial charge is 0.312 e. The van der Waals surface area contributed by atoms with Crippen LogP contribution in [0.3, 0.4) is 0 Å². The number of rotatable bonds is 1. The average Bonchev–Trinajstić information content (AvgIpc) is 2.43. The van der Waals surface area contributed by atoms with Gasteiger partial charge in [0.05, 0.1) is 5.69 Å². The van der Waals surface area contributed by atoms with Crippen LogP contribution in [0.1, 0.15) is 42.1 Å². The molecule has 0 amide bonds. The Kier molecular flexibility index (Phi) is 1.87. The van der Waals surface area contributed by atoms with Crippen molar-refractivity contribution in [3.05, 3.63) is 17.0 Å². The first-order valence-electron chi connectivity index (χ1n) is 5.61. The second-order valence-corrected chi connectivity index (χ2v) is 4.49. The van der Waals surface area contributed by atoms with Crippen LogP contribution in [0.4, 0.5) is 0 Å². The molecule has 0 atom stereocenters. The van der Waals surface area contributed by atoms with Crippen LogP contribution in [0.2, 0.25) is 0 Å². The van der Waals surface area contributed by atoms with E-state index in [0.717, 1.165) is 25.4 Å². The molecule has 0 unspecified atom stereocenters. The molecule has 3 nitrogen and oxygen atoms in total. The van der Waals surface area contributed by atoms with Gasteiger partial charge in [-0.15, -0.1) is 0 Å². The lowest BCUT2D eigenvalue weighted by Crippen LogP contribution is -2.25. The number of nitrogens with one attached hydrogen (secondary N) is 1. The van der Waals surface area contributed by atoms with E-state index in [0.29, 0.717) is 0 Å². The van der Waals surface area contributed by atoms with Gasteiger partial charge in [0.2, 0.25) is 0 Å². The van der Waals surface area contributed by atoms with Crippen molar-refractivity contribution < 1.29 is 0 Å². The molecule has 0 saturated heterocycles. The van der Waals surface area contributed by atoms with Crippen molar-refractivity contribution in [2.75, 3.05) is 6.54 Å². The summed E-state index contributed by atoms with van der Waals surface area (Å²) in [6, 6.07) is 0. The molecule has 3 rings (SSSR count). The first kappa shape index (κ1) is 8.48. The van der Waals surface area contributed by atoms with E-state index in [1.165, 1.54) is 36.2 Å². The molecule has 0 aromatic carbocycles. The number of hydrogen-bond acceptors (Lipinski definition) is 2. The fraction of sp³-hybridized carbons (Fsp3) is 0.727. The Labute approximate surface area is 84.5 Å². The van der Waals surface area contributed by atoms with E-state index in [-0.39, 0.29) is 0 Å². The first-order valence-corrected chi connectivity index (χ1v) is 5.61. The van der Waals surface area contributed by atoms with Crippen LogP contribution in [0.25, 0.3) is 0 Å². The first-order chi connectivity index (χ1) is 6.86. The van der Waals surface area contributed by atoms with Gasteiger partial charge in [0, 0.05) is 43.7 Å². The second-order valence-electron chi connectivity index (χ2n) is 4.49. The maximum atomic E-state index is 4.69. The minimum Gasteiger partial charge on any atom is -0.312 e. The average molecular weight is 191 g/mol. The Bertz CT molecular complexity index is 350. The molecular weight excluding hydrogens is 174 g/mol. The summed E-state index contributed by atoms with van der Waals surface area (Å²) in [6.45, 7) is 2.14. The van der Waals surface area contributed by atoms with Gasteiger partial charge in [-0.3, -0.25) is 4.68 Å². The lowest BCUT2D eigenvalue weighted by Gasteiger charge is -2.25. The molecule has 2 aliphatic rings.